The molecule has 0 unspecified atom stereocenters. The summed E-state index contributed by atoms with van der Waals surface area (Å²) in [6.07, 6.45) is 2.28. The molecule has 2 amide bonds. The molecular weight excluding hydrogens is 417 g/mol. The summed E-state index contributed by atoms with van der Waals surface area (Å²) in [6.45, 7) is 2.80. The Morgan fingerprint density at radius 3 is 2.55 bits per heavy atom. The highest BCUT2D eigenvalue weighted by Crippen LogP contribution is 2.40. The zero-order valence-corrected chi connectivity index (χ0v) is 17.8. The summed E-state index contributed by atoms with van der Waals surface area (Å²) in [5.74, 6) is 0.610. The van der Waals surface area contributed by atoms with E-state index in [2.05, 4.69) is 25.4 Å². The fraction of sp³-hybridized carbons (Fsp3) is 0.273. The number of amides is 2. The molecule has 1 heterocycles. The summed E-state index contributed by atoms with van der Waals surface area (Å²) in [7, 11) is 0. The van der Waals surface area contributed by atoms with Crippen LogP contribution in [-0.4, -0.2) is 32.3 Å². The zero-order valence-electron chi connectivity index (χ0n) is 17.0. The van der Waals surface area contributed by atoms with Crippen LogP contribution in [0.1, 0.15) is 41.9 Å². The molecule has 1 aliphatic rings. The van der Waals surface area contributed by atoms with E-state index in [-0.39, 0.29) is 17.5 Å². The van der Waals surface area contributed by atoms with Gasteiger partial charge in [0.05, 0.1) is 17.0 Å². The fourth-order valence-electron chi connectivity index (χ4n) is 3.19. The van der Waals surface area contributed by atoms with Crippen molar-refractivity contribution in [1.29, 1.82) is 0 Å². The Balaban J connectivity index is 1.39. The number of thioether (sulfide) groups is 1. The first kappa shape index (κ1) is 21.0. The summed E-state index contributed by atoms with van der Waals surface area (Å²) < 4.78 is 15.1. The molecule has 0 aliphatic heterocycles. The van der Waals surface area contributed by atoms with E-state index in [4.69, 9.17) is 0 Å². The van der Waals surface area contributed by atoms with E-state index in [0.717, 1.165) is 30.4 Å². The number of rotatable bonds is 8. The number of hydrogen-bond acceptors (Lipinski definition) is 5. The van der Waals surface area contributed by atoms with E-state index in [9.17, 15) is 14.0 Å². The Bertz CT molecular complexity index is 1100. The first-order valence-electron chi connectivity index (χ1n) is 10.1. The number of nitrogens with zero attached hydrogens (tertiary/aromatic N) is 3. The van der Waals surface area contributed by atoms with Gasteiger partial charge >= 0.3 is 0 Å². The van der Waals surface area contributed by atoms with Crippen LogP contribution in [-0.2, 0) is 11.3 Å². The largest absolute Gasteiger partial charge is 0.325 e. The van der Waals surface area contributed by atoms with E-state index in [1.807, 2.05) is 6.92 Å². The van der Waals surface area contributed by atoms with Crippen LogP contribution in [0.25, 0.3) is 0 Å². The molecule has 1 saturated carbocycles. The van der Waals surface area contributed by atoms with Gasteiger partial charge in [-0.1, -0.05) is 23.9 Å². The van der Waals surface area contributed by atoms with Gasteiger partial charge in [0.15, 0.2) is 5.16 Å². The Morgan fingerprint density at radius 1 is 1.10 bits per heavy atom. The van der Waals surface area contributed by atoms with Crippen LogP contribution in [0.3, 0.4) is 0 Å². The summed E-state index contributed by atoms with van der Waals surface area (Å²) in [4.78, 5) is 25.2. The third-order valence-corrected chi connectivity index (χ3v) is 5.85. The number of anilines is 2. The number of aromatic nitrogens is 3. The maximum absolute atomic E-state index is 13.1. The molecule has 2 aromatic carbocycles. The van der Waals surface area contributed by atoms with Crippen molar-refractivity contribution >= 4 is 35.0 Å². The van der Waals surface area contributed by atoms with E-state index in [1.54, 1.807) is 24.3 Å². The molecule has 9 heteroatoms. The van der Waals surface area contributed by atoms with Crippen molar-refractivity contribution < 1.29 is 14.0 Å². The zero-order chi connectivity index (χ0) is 21.8. The smallest absolute Gasteiger partial charge is 0.257 e. The minimum atomic E-state index is -0.394. The number of carbonyl (C=O) groups is 2. The molecule has 160 valence electrons. The lowest BCUT2D eigenvalue weighted by Crippen LogP contribution is -2.19. The molecule has 31 heavy (non-hydrogen) atoms. The number of hydrogen-bond donors (Lipinski definition) is 2. The molecule has 0 spiro atoms. The monoisotopic (exact) mass is 439 g/mol. The van der Waals surface area contributed by atoms with Crippen molar-refractivity contribution in [2.75, 3.05) is 16.4 Å². The predicted octanol–water partition coefficient (Wildman–Crippen LogP) is 4.30. The number of nitrogens with one attached hydrogen (secondary N) is 2. The standard InChI is InChI=1S/C22H22FN5O2S/c1-2-28-20(14-7-8-14)26-27-22(28)31-13-19(29)25-18-6-4-3-5-17(18)21(30)24-16-11-9-15(23)10-12-16/h3-6,9-12,14H,2,7-8,13H2,1H3,(H,24,30)(H,25,29). The van der Waals surface area contributed by atoms with Gasteiger partial charge in [-0.3, -0.25) is 9.59 Å². The molecule has 2 N–H and O–H groups in total. The normalized spacial score (nSPS) is 13.1. The van der Waals surface area contributed by atoms with Crippen molar-refractivity contribution in [3.63, 3.8) is 0 Å². The second-order valence-corrected chi connectivity index (χ2v) is 8.15. The van der Waals surface area contributed by atoms with Gasteiger partial charge in [0.1, 0.15) is 11.6 Å². The predicted molar refractivity (Wildman–Crippen MR) is 118 cm³/mol. The minimum Gasteiger partial charge on any atom is -0.325 e. The summed E-state index contributed by atoms with van der Waals surface area (Å²) in [5.41, 5.74) is 1.19. The van der Waals surface area contributed by atoms with Crippen molar-refractivity contribution in [1.82, 2.24) is 14.8 Å². The Hall–Kier alpha value is -3.20. The lowest BCUT2D eigenvalue weighted by atomic mass is 10.1. The quantitative estimate of drug-likeness (QED) is 0.511. The summed E-state index contributed by atoms with van der Waals surface area (Å²) in [6, 6.07) is 12.2. The highest BCUT2D eigenvalue weighted by atomic mass is 32.2. The van der Waals surface area contributed by atoms with Crippen molar-refractivity contribution in [3.05, 3.63) is 65.7 Å². The van der Waals surface area contributed by atoms with Crippen LogP contribution in [0, 0.1) is 5.82 Å². The van der Waals surface area contributed by atoms with Gasteiger partial charge in [0.25, 0.3) is 5.91 Å². The summed E-state index contributed by atoms with van der Waals surface area (Å²) in [5, 5.41) is 14.7. The van der Waals surface area contributed by atoms with Gasteiger partial charge in [-0.05, 0) is 56.2 Å². The van der Waals surface area contributed by atoms with Gasteiger partial charge in [-0.2, -0.15) is 0 Å². The average molecular weight is 440 g/mol. The molecule has 1 fully saturated rings. The van der Waals surface area contributed by atoms with Gasteiger partial charge < -0.3 is 15.2 Å². The van der Waals surface area contributed by atoms with Crippen LogP contribution in [0.4, 0.5) is 15.8 Å². The average Bonchev–Trinajstić information content (AvgIpc) is 3.53. The molecule has 0 saturated heterocycles. The van der Waals surface area contributed by atoms with Crippen LogP contribution in [0.5, 0.6) is 0 Å². The van der Waals surface area contributed by atoms with Crippen LogP contribution < -0.4 is 10.6 Å². The van der Waals surface area contributed by atoms with Crippen LogP contribution in [0.15, 0.2) is 53.7 Å². The molecule has 4 rings (SSSR count). The highest BCUT2D eigenvalue weighted by Gasteiger charge is 2.30. The van der Waals surface area contributed by atoms with Gasteiger partial charge in [0, 0.05) is 18.2 Å². The second kappa shape index (κ2) is 9.30. The second-order valence-electron chi connectivity index (χ2n) is 7.20. The highest BCUT2D eigenvalue weighted by molar-refractivity contribution is 7.99. The third kappa shape index (κ3) is 5.11. The Labute approximate surface area is 183 Å². The fourth-order valence-corrected chi connectivity index (χ4v) is 4.00. The topological polar surface area (TPSA) is 88.9 Å². The van der Waals surface area contributed by atoms with Gasteiger partial charge in [-0.25, -0.2) is 4.39 Å². The van der Waals surface area contributed by atoms with Gasteiger partial charge in [0.2, 0.25) is 5.91 Å². The Morgan fingerprint density at radius 2 is 1.84 bits per heavy atom. The molecule has 3 aromatic rings. The molecule has 1 aliphatic carbocycles. The molecule has 7 nitrogen and oxygen atoms in total. The van der Waals surface area contributed by atoms with E-state index in [0.29, 0.717) is 22.9 Å². The first-order valence-corrected chi connectivity index (χ1v) is 11.1. The molecule has 1 aromatic heterocycles. The minimum absolute atomic E-state index is 0.150. The van der Waals surface area contributed by atoms with Crippen molar-refractivity contribution in [2.24, 2.45) is 0 Å². The van der Waals surface area contributed by atoms with E-state index < -0.39 is 5.91 Å². The van der Waals surface area contributed by atoms with Crippen LogP contribution in [0.2, 0.25) is 0 Å². The maximum atomic E-state index is 13.1. The molecule has 0 atom stereocenters. The number of halogens is 1. The SMILES string of the molecule is CCn1c(SCC(=O)Nc2ccccc2C(=O)Nc2ccc(F)cc2)nnc1C1CC1. The van der Waals surface area contributed by atoms with Crippen molar-refractivity contribution in [3.8, 4) is 0 Å². The number of carbonyl (C=O) groups excluding carboxylic acids is 2. The lowest BCUT2D eigenvalue weighted by molar-refractivity contribution is -0.113. The third-order valence-electron chi connectivity index (χ3n) is 4.88. The first-order chi connectivity index (χ1) is 15.0. The number of benzene rings is 2. The molecule has 0 bridgehead atoms. The van der Waals surface area contributed by atoms with E-state index in [1.165, 1.54) is 36.0 Å². The maximum Gasteiger partial charge on any atom is 0.257 e. The number of para-hydroxylation sites is 1. The molecule has 0 radical (unpaired) electrons. The van der Waals surface area contributed by atoms with Crippen molar-refractivity contribution in [2.45, 2.75) is 37.4 Å². The summed E-state index contributed by atoms with van der Waals surface area (Å²) >= 11 is 1.32. The Kier molecular flexibility index (Phi) is 6.31. The molecular formula is C22H22FN5O2S. The van der Waals surface area contributed by atoms with Crippen LogP contribution >= 0.6 is 11.8 Å². The lowest BCUT2D eigenvalue weighted by Gasteiger charge is -2.12. The van der Waals surface area contributed by atoms with E-state index >= 15 is 0 Å². The van der Waals surface area contributed by atoms with Gasteiger partial charge in [-0.15, -0.1) is 10.2 Å².